The number of non-ortho nitro benzene ring substituents is 1. The van der Waals surface area contributed by atoms with Crippen LogP contribution in [0.3, 0.4) is 0 Å². The van der Waals surface area contributed by atoms with Crippen molar-refractivity contribution in [3.05, 3.63) is 40.1 Å². The second-order valence-electron chi connectivity index (χ2n) is 5.13. The van der Waals surface area contributed by atoms with E-state index >= 15 is 0 Å². The van der Waals surface area contributed by atoms with E-state index in [-0.39, 0.29) is 11.8 Å². The molecule has 9 nitrogen and oxygen atoms in total. The fraction of sp³-hybridized carbons (Fsp3) is 0.429. The van der Waals surface area contributed by atoms with E-state index in [1.165, 1.54) is 12.1 Å². The number of nitrogens with two attached hydrogens (primary N) is 1. The number of nitro groups is 1. The summed E-state index contributed by atoms with van der Waals surface area (Å²) < 4.78 is 10.2. The topological polar surface area (TPSA) is 120 Å². The molecule has 0 saturated carbocycles. The van der Waals surface area contributed by atoms with E-state index in [0.717, 1.165) is 25.3 Å². The van der Waals surface area contributed by atoms with E-state index in [1.54, 1.807) is 19.1 Å². The van der Waals surface area contributed by atoms with Crippen LogP contribution in [0.5, 0.6) is 5.88 Å². The van der Waals surface area contributed by atoms with Crippen molar-refractivity contribution in [2.24, 2.45) is 0 Å². The van der Waals surface area contributed by atoms with E-state index in [2.05, 4.69) is 25.6 Å². The zero-order valence-electron chi connectivity index (χ0n) is 13.1. The second kappa shape index (κ2) is 8.08. The highest BCUT2D eigenvalue weighted by atomic mass is 16.6. The molecule has 0 unspecified atom stereocenters. The minimum atomic E-state index is -0.412. The molecule has 1 heterocycles. The highest BCUT2D eigenvalue weighted by molar-refractivity contribution is 5.48. The maximum atomic E-state index is 10.6. The Kier molecular flexibility index (Phi) is 5.87. The minimum absolute atomic E-state index is 0.0139. The van der Waals surface area contributed by atoms with Gasteiger partial charge in [0.25, 0.3) is 11.6 Å². The Bertz CT molecular complexity index is 628. The largest absolute Gasteiger partial charge is 0.465 e. The van der Waals surface area contributed by atoms with Crippen LogP contribution >= 0.6 is 0 Å². The smallest absolute Gasteiger partial charge is 0.279 e. The van der Waals surface area contributed by atoms with Crippen LogP contribution in [0.1, 0.15) is 12.6 Å². The molecule has 3 N–H and O–H groups in total. The molecule has 2 aromatic rings. The molecule has 0 amide bonds. The van der Waals surface area contributed by atoms with E-state index < -0.39 is 4.92 Å². The first kappa shape index (κ1) is 16.7. The minimum Gasteiger partial charge on any atom is -0.465 e. The lowest BCUT2D eigenvalue weighted by Gasteiger charge is -2.11. The van der Waals surface area contributed by atoms with E-state index in [1.807, 2.05) is 6.92 Å². The first-order valence-corrected chi connectivity index (χ1v) is 7.32. The molecule has 0 fully saturated rings. The van der Waals surface area contributed by atoms with Gasteiger partial charge in [-0.1, -0.05) is 5.16 Å². The van der Waals surface area contributed by atoms with Crippen LogP contribution < -0.4 is 15.4 Å². The van der Waals surface area contributed by atoms with Crippen molar-refractivity contribution in [1.29, 1.82) is 0 Å². The third-order valence-electron chi connectivity index (χ3n) is 3.18. The summed E-state index contributed by atoms with van der Waals surface area (Å²) in [6.45, 7) is 6.09. The summed E-state index contributed by atoms with van der Waals surface area (Å²) in [7, 11) is 0. The van der Waals surface area contributed by atoms with Crippen LogP contribution in [0.2, 0.25) is 0 Å². The number of nitro benzene ring substituents is 1. The lowest BCUT2D eigenvalue weighted by atomic mass is 10.3. The standard InChI is InChI=1S/C14H19N5O4/c1-10(22-14-11(2)17-23-18-14)9-15-7-8-16-12-3-5-13(6-4-12)19(20)21/h3-6,10,15-16H,7-9H2,1-2H3/p+1/t10-/m0/s1. The van der Waals surface area contributed by atoms with Gasteiger partial charge in [0.1, 0.15) is 18.3 Å². The van der Waals surface area contributed by atoms with Gasteiger partial charge < -0.3 is 15.4 Å². The van der Waals surface area contributed by atoms with Crippen molar-refractivity contribution in [3.8, 4) is 5.88 Å². The number of quaternary nitrogens is 1. The number of anilines is 1. The molecule has 124 valence electrons. The zero-order chi connectivity index (χ0) is 16.7. The summed E-state index contributed by atoms with van der Waals surface area (Å²) in [5, 5.41) is 23.2. The van der Waals surface area contributed by atoms with Crippen LogP contribution in [0.4, 0.5) is 11.4 Å². The number of ether oxygens (including phenoxy) is 1. The van der Waals surface area contributed by atoms with E-state index in [4.69, 9.17) is 4.74 Å². The van der Waals surface area contributed by atoms with Crippen molar-refractivity contribution in [3.63, 3.8) is 0 Å². The van der Waals surface area contributed by atoms with Gasteiger partial charge in [0.15, 0.2) is 0 Å². The Morgan fingerprint density at radius 2 is 2.13 bits per heavy atom. The summed E-state index contributed by atoms with van der Waals surface area (Å²) in [5.74, 6) is 0.426. The fourth-order valence-electron chi connectivity index (χ4n) is 1.94. The zero-order valence-corrected chi connectivity index (χ0v) is 13.1. The van der Waals surface area contributed by atoms with Gasteiger partial charge in [0.2, 0.25) is 0 Å². The second-order valence-corrected chi connectivity index (χ2v) is 5.13. The monoisotopic (exact) mass is 322 g/mol. The number of rotatable bonds is 9. The Labute approximate surface area is 133 Å². The Morgan fingerprint density at radius 3 is 2.74 bits per heavy atom. The SMILES string of the molecule is Cc1nonc1O[C@@H](C)C[NH2+]CCNc1ccc([N+](=O)[O-])cc1. The number of aryl methyl sites for hydroxylation is 1. The molecule has 0 aliphatic carbocycles. The van der Waals surface area contributed by atoms with Crippen molar-refractivity contribution in [2.75, 3.05) is 25.0 Å². The van der Waals surface area contributed by atoms with Gasteiger partial charge in [-0.3, -0.25) is 10.1 Å². The van der Waals surface area contributed by atoms with Gasteiger partial charge in [-0.15, -0.1) is 0 Å². The molecule has 0 saturated heterocycles. The summed E-state index contributed by atoms with van der Waals surface area (Å²) in [6, 6.07) is 6.36. The highest BCUT2D eigenvalue weighted by Crippen LogP contribution is 2.14. The van der Waals surface area contributed by atoms with Gasteiger partial charge in [0, 0.05) is 17.8 Å². The number of hydrogen-bond acceptors (Lipinski definition) is 7. The maximum absolute atomic E-state index is 10.6. The number of benzene rings is 1. The number of hydrogen-bond donors (Lipinski definition) is 2. The molecule has 23 heavy (non-hydrogen) atoms. The Balaban J connectivity index is 1.62. The molecule has 1 aromatic heterocycles. The molecule has 1 aromatic carbocycles. The van der Waals surface area contributed by atoms with Crippen molar-refractivity contribution in [2.45, 2.75) is 20.0 Å². The Morgan fingerprint density at radius 1 is 1.39 bits per heavy atom. The van der Waals surface area contributed by atoms with Crippen LogP contribution in [0.25, 0.3) is 0 Å². The molecule has 9 heteroatoms. The lowest BCUT2D eigenvalue weighted by Crippen LogP contribution is -2.87. The third kappa shape index (κ3) is 5.22. The van der Waals surface area contributed by atoms with Crippen molar-refractivity contribution < 1.29 is 19.6 Å². The van der Waals surface area contributed by atoms with Crippen molar-refractivity contribution in [1.82, 2.24) is 10.3 Å². The quantitative estimate of drug-likeness (QED) is 0.396. The number of nitrogens with one attached hydrogen (secondary N) is 1. The average Bonchev–Trinajstić information content (AvgIpc) is 2.92. The summed E-state index contributed by atoms with van der Waals surface area (Å²) in [4.78, 5) is 10.2. The summed E-state index contributed by atoms with van der Waals surface area (Å²) in [6.07, 6.45) is -0.0139. The van der Waals surface area contributed by atoms with Gasteiger partial charge in [-0.2, -0.15) is 0 Å². The van der Waals surface area contributed by atoms with Gasteiger partial charge in [0.05, 0.1) is 18.0 Å². The summed E-state index contributed by atoms with van der Waals surface area (Å²) in [5.41, 5.74) is 1.58. The molecule has 0 spiro atoms. The van der Waals surface area contributed by atoms with Gasteiger partial charge in [-0.25, -0.2) is 4.63 Å². The molecule has 0 aliphatic heterocycles. The van der Waals surface area contributed by atoms with Crippen molar-refractivity contribution >= 4 is 11.4 Å². The van der Waals surface area contributed by atoms with Gasteiger partial charge in [-0.05, 0) is 31.1 Å². The first-order valence-electron chi connectivity index (χ1n) is 7.32. The van der Waals surface area contributed by atoms with Crippen LogP contribution in [0.15, 0.2) is 28.9 Å². The highest BCUT2D eigenvalue weighted by Gasteiger charge is 2.12. The first-order chi connectivity index (χ1) is 11.1. The van der Waals surface area contributed by atoms with E-state index in [0.29, 0.717) is 11.6 Å². The number of nitrogens with zero attached hydrogens (tertiary/aromatic N) is 3. The average molecular weight is 322 g/mol. The van der Waals surface area contributed by atoms with E-state index in [9.17, 15) is 10.1 Å². The fourth-order valence-corrected chi connectivity index (χ4v) is 1.94. The molecular formula is C14H20N5O4+. The lowest BCUT2D eigenvalue weighted by molar-refractivity contribution is -0.657. The molecule has 0 bridgehead atoms. The molecule has 1 atom stereocenters. The predicted molar refractivity (Wildman–Crippen MR) is 82.4 cm³/mol. The molecule has 0 aliphatic rings. The predicted octanol–water partition coefficient (Wildman–Crippen LogP) is 0.729. The van der Waals surface area contributed by atoms with Gasteiger partial charge >= 0.3 is 0 Å². The molecule has 0 radical (unpaired) electrons. The number of aromatic nitrogens is 2. The molecular weight excluding hydrogens is 302 g/mol. The van der Waals surface area contributed by atoms with Crippen LogP contribution in [-0.4, -0.2) is 41.0 Å². The molecule has 2 rings (SSSR count). The maximum Gasteiger partial charge on any atom is 0.279 e. The Hall–Kier alpha value is -2.68. The summed E-state index contributed by atoms with van der Waals surface area (Å²) >= 11 is 0. The third-order valence-corrected chi connectivity index (χ3v) is 3.18. The van der Waals surface area contributed by atoms with Crippen LogP contribution in [-0.2, 0) is 0 Å². The normalized spacial score (nSPS) is 11.9. The van der Waals surface area contributed by atoms with Crippen LogP contribution in [0, 0.1) is 17.0 Å².